The minimum absolute atomic E-state index is 0.329. The summed E-state index contributed by atoms with van der Waals surface area (Å²) in [5, 5.41) is 18.5. The van der Waals surface area contributed by atoms with Gasteiger partial charge in [-0.2, -0.15) is 10.2 Å². The summed E-state index contributed by atoms with van der Waals surface area (Å²) in [4.78, 5) is 24.6. The second kappa shape index (κ2) is 6.24. The third-order valence-electron chi connectivity index (χ3n) is 4.46. The number of para-hydroxylation sites is 1. The molecule has 3 aromatic heterocycles. The molecule has 1 atom stereocenters. The van der Waals surface area contributed by atoms with Crippen LogP contribution in [0, 0.1) is 6.92 Å². The highest BCUT2D eigenvalue weighted by Gasteiger charge is 2.24. The first kappa shape index (κ1) is 16.8. The minimum Gasteiger partial charge on any atom is -0.480 e. The summed E-state index contributed by atoms with van der Waals surface area (Å²) >= 11 is 0. The fraction of sp³-hybridized carbons (Fsp3) is 0.158. The summed E-state index contributed by atoms with van der Waals surface area (Å²) in [6, 6.07) is 12.1. The predicted molar refractivity (Wildman–Crippen MR) is 99.5 cm³/mol. The number of hydrogen-bond acceptors (Lipinski definition) is 4. The Morgan fingerprint density at radius 3 is 2.37 bits per heavy atom. The van der Waals surface area contributed by atoms with E-state index in [0.29, 0.717) is 22.4 Å². The molecule has 0 saturated heterocycles. The third-order valence-corrected chi connectivity index (χ3v) is 4.46. The molecule has 0 radical (unpaired) electrons. The monoisotopic (exact) mass is 363 g/mol. The number of carboxylic acid groups (broad SMARTS) is 1. The lowest BCUT2D eigenvalue weighted by molar-refractivity contribution is -0.140. The number of benzene rings is 1. The van der Waals surface area contributed by atoms with Crippen molar-refractivity contribution >= 4 is 16.9 Å². The summed E-state index contributed by atoms with van der Waals surface area (Å²) < 4.78 is 4.47. The molecule has 1 aromatic carbocycles. The van der Waals surface area contributed by atoms with Crippen molar-refractivity contribution in [3.8, 4) is 11.5 Å². The Balaban J connectivity index is 2.14. The summed E-state index contributed by atoms with van der Waals surface area (Å²) in [5.74, 6) is -0.579. The van der Waals surface area contributed by atoms with Crippen molar-refractivity contribution in [2.75, 3.05) is 0 Å². The van der Waals surface area contributed by atoms with E-state index in [1.54, 1.807) is 16.2 Å². The van der Waals surface area contributed by atoms with Gasteiger partial charge in [-0.1, -0.05) is 18.2 Å². The Morgan fingerprint density at radius 2 is 1.74 bits per heavy atom. The van der Waals surface area contributed by atoms with E-state index in [9.17, 15) is 14.7 Å². The van der Waals surface area contributed by atoms with Crippen LogP contribution in [0.15, 0.2) is 59.7 Å². The van der Waals surface area contributed by atoms with Gasteiger partial charge in [0.05, 0.1) is 11.4 Å². The first-order valence-corrected chi connectivity index (χ1v) is 8.42. The number of rotatable bonds is 4. The van der Waals surface area contributed by atoms with Gasteiger partial charge in [-0.3, -0.25) is 4.79 Å². The van der Waals surface area contributed by atoms with Gasteiger partial charge in [0.25, 0.3) is 5.56 Å². The number of hydrogen-bond donors (Lipinski definition) is 1. The molecule has 0 spiro atoms. The smallest absolute Gasteiger partial charge is 0.328 e. The van der Waals surface area contributed by atoms with Crippen LogP contribution in [0.3, 0.4) is 0 Å². The Morgan fingerprint density at radius 1 is 1.07 bits per heavy atom. The summed E-state index contributed by atoms with van der Waals surface area (Å²) in [6.07, 6.45) is 3.63. The van der Waals surface area contributed by atoms with E-state index in [2.05, 4.69) is 10.2 Å². The maximum absolute atomic E-state index is 13.2. The van der Waals surface area contributed by atoms with Crippen molar-refractivity contribution in [1.82, 2.24) is 24.1 Å². The van der Waals surface area contributed by atoms with Gasteiger partial charge in [0, 0.05) is 12.4 Å². The van der Waals surface area contributed by atoms with Crippen molar-refractivity contribution in [2.24, 2.45) is 0 Å². The lowest BCUT2D eigenvalue weighted by Gasteiger charge is -2.11. The number of aryl methyl sites for hydroxylation is 1. The SMILES string of the molecule is Cc1nn([C@H](C)C(=O)O)c(=O)c2c(-n3cccc3)n(-c3ccccc3)nc12. The molecule has 0 saturated carbocycles. The van der Waals surface area contributed by atoms with Crippen molar-refractivity contribution < 1.29 is 9.90 Å². The molecule has 8 heteroatoms. The molecule has 27 heavy (non-hydrogen) atoms. The van der Waals surface area contributed by atoms with Crippen LogP contribution in [0.25, 0.3) is 22.4 Å². The Kier molecular flexibility index (Phi) is 3.88. The van der Waals surface area contributed by atoms with E-state index in [1.807, 2.05) is 54.9 Å². The molecule has 0 aliphatic carbocycles. The van der Waals surface area contributed by atoms with E-state index in [4.69, 9.17) is 0 Å². The molecule has 0 fully saturated rings. The second-order valence-corrected chi connectivity index (χ2v) is 6.23. The maximum atomic E-state index is 13.2. The van der Waals surface area contributed by atoms with E-state index in [-0.39, 0.29) is 0 Å². The molecule has 4 rings (SSSR count). The maximum Gasteiger partial charge on any atom is 0.328 e. The Hall–Kier alpha value is -3.68. The normalized spacial score (nSPS) is 12.4. The molecule has 136 valence electrons. The molecule has 1 N–H and O–H groups in total. The van der Waals surface area contributed by atoms with E-state index < -0.39 is 17.6 Å². The number of nitrogens with zero attached hydrogens (tertiary/aromatic N) is 5. The number of fused-ring (bicyclic) bond motifs is 1. The Labute approximate surface area is 153 Å². The van der Waals surface area contributed by atoms with Crippen molar-refractivity contribution in [1.29, 1.82) is 0 Å². The zero-order valence-electron chi connectivity index (χ0n) is 14.8. The highest BCUT2D eigenvalue weighted by molar-refractivity contribution is 5.88. The number of carboxylic acids is 1. The molecular weight excluding hydrogens is 346 g/mol. The zero-order valence-corrected chi connectivity index (χ0v) is 14.8. The topological polar surface area (TPSA) is 94.9 Å². The fourth-order valence-corrected chi connectivity index (χ4v) is 3.06. The van der Waals surface area contributed by atoms with Crippen molar-refractivity contribution in [3.63, 3.8) is 0 Å². The molecule has 4 aromatic rings. The van der Waals surface area contributed by atoms with Crippen LogP contribution in [0.1, 0.15) is 18.7 Å². The highest BCUT2D eigenvalue weighted by atomic mass is 16.4. The van der Waals surface area contributed by atoms with Crippen molar-refractivity contribution in [2.45, 2.75) is 19.9 Å². The molecule has 3 heterocycles. The van der Waals surface area contributed by atoms with Crippen molar-refractivity contribution in [3.05, 3.63) is 70.9 Å². The lowest BCUT2D eigenvalue weighted by atomic mass is 10.2. The molecule has 0 unspecified atom stereocenters. The molecule has 8 nitrogen and oxygen atoms in total. The van der Waals surface area contributed by atoms with Crippen LogP contribution in [0.5, 0.6) is 0 Å². The zero-order chi connectivity index (χ0) is 19.1. The predicted octanol–water partition coefficient (Wildman–Crippen LogP) is 2.33. The molecular formula is C19H17N5O3. The first-order chi connectivity index (χ1) is 13.0. The summed E-state index contributed by atoms with van der Waals surface area (Å²) in [7, 11) is 0. The quantitative estimate of drug-likeness (QED) is 0.600. The largest absolute Gasteiger partial charge is 0.480 e. The van der Waals surface area contributed by atoms with Crippen LogP contribution in [0.4, 0.5) is 0 Å². The summed E-state index contributed by atoms with van der Waals surface area (Å²) in [6.45, 7) is 3.15. The number of carbonyl (C=O) groups is 1. The van der Waals surface area contributed by atoms with Crippen LogP contribution in [-0.2, 0) is 4.79 Å². The summed E-state index contributed by atoms with van der Waals surface area (Å²) in [5.41, 5.74) is 1.23. The van der Waals surface area contributed by atoms with Crippen LogP contribution < -0.4 is 5.56 Å². The molecule has 0 aliphatic rings. The minimum atomic E-state index is -1.12. The number of aromatic nitrogens is 5. The van der Waals surface area contributed by atoms with Crippen LogP contribution in [-0.4, -0.2) is 35.2 Å². The highest BCUT2D eigenvalue weighted by Crippen LogP contribution is 2.24. The average Bonchev–Trinajstić information content (AvgIpc) is 3.32. The molecule has 0 amide bonds. The Bertz CT molecular complexity index is 1190. The van der Waals surface area contributed by atoms with Gasteiger partial charge in [0.2, 0.25) is 0 Å². The third kappa shape index (κ3) is 2.62. The first-order valence-electron chi connectivity index (χ1n) is 8.42. The molecule has 0 aliphatic heterocycles. The number of aliphatic carboxylic acids is 1. The van der Waals surface area contributed by atoms with Gasteiger partial charge in [-0.05, 0) is 38.1 Å². The van der Waals surface area contributed by atoms with Gasteiger partial charge in [0.1, 0.15) is 10.9 Å². The average molecular weight is 363 g/mol. The van der Waals surface area contributed by atoms with Gasteiger partial charge in [0.15, 0.2) is 11.9 Å². The van der Waals surface area contributed by atoms with Gasteiger partial charge in [-0.25, -0.2) is 14.2 Å². The van der Waals surface area contributed by atoms with Gasteiger partial charge < -0.3 is 9.67 Å². The van der Waals surface area contributed by atoms with Crippen LogP contribution in [0.2, 0.25) is 0 Å². The van der Waals surface area contributed by atoms with Gasteiger partial charge >= 0.3 is 5.97 Å². The van der Waals surface area contributed by atoms with Crippen LogP contribution >= 0.6 is 0 Å². The van der Waals surface area contributed by atoms with E-state index in [0.717, 1.165) is 10.4 Å². The second-order valence-electron chi connectivity index (χ2n) is 6.23. The fourth-order valence-electron chi connectivity index (χ4n) is 3.06. The van der Waals surface area contributed by atoms with E-state index >= 15 is 0 Å². The lowest BCUT2D eigenvalue weighted by Crippen LogP contribution is -2.31. The molecule has 0 bridgehead atoms. The van der Waals surface area contributed by atoms with Gasteiger partial charge in [-0.15, -0.1) is 0 Å². The van der Waals surface area contributed by atoms with E-state index in [1.165, 1.54) is 6.92 Å². The standard InChI is InChI=1S/C19H17N5O3/c1-12-16-15(18(25)23(20-12)13(2)19(26)27)17(22-10-6-7-11-22)24(21-16)14-8-4-3-5-9-14/h3-11,13H,1-2H3,(H,26,27)/t13-/m1/s1.